The molecule has 162 valence electrons. The number of hydrogen-bond acceptors (Lipinski definition) is 3. The Balaban J connectivity index is 1.75. The van der Waals surface area contributed by atoms with Gasteiger partial charge in [-0.05, 0) is 55.7 Å². The van der Waals surface area contributed by atoms with E-state index in [1.165, 1.54) is 19.3 Å². The third-order valence-corrected chi connectivity index (χ3v) is 6.35. The molecule has 0 saturated heterocycles. The Morgan fingerprint density at radius 3 is 2.77 bits per heavy atom. The molecule has 0 spiro atoms. The zero-order valence-electron chi connectivity index (χ0n) is 18.5. The number of carbonyl (C=O) groups is 1. The Bertz CT molecular complexity index is 883. The van der Waals surface area contributed by atoms with E-state index in [0.717, 1.165) is 42.0 Å². The predicted octanol–water partition coefficient (Wildman–Crippen LogP) is 6.42. The van der Waals surface area contributed by atoms with Gasteiger partial charge >= 0.3 is 0 Å². The van der Waals surface area contributed by atoms with Crippen LogP contribution in [0.5, 0.6) is 0 Å². The third-order valence-electron chi connectivity index (χ3n) is 5.94. The highest BCUT2D eigenvalue weighted by Crippen LogP contribution is 2.39. The van der Waals surface area contributed by atoms with Crippen LogP contribution in [0.2, 0.25) is 5.02 Å². The van der Waals surface area contributed by atoms with Crippen LogP contribution in [0.25, 0.3) is 0 Å². The second-order valence-electron chi connectivity index (χ2n) is 9.03. The van der Waals surface area contributed by atoms with Gasteiger partial charge in [0.05, 0.1) is 0 Å². The first-order valence-electron chi connectivity index (χ1n) is 11.2. The van der Waals surface area contributed by atoms with E-state index in [1.54, 1.807) is 0 Å². The molecule has 0 bridgehead atoms. The topological polar surface area (TPSA) is 47.8 Å². The minimum Gasteiger partial charge on any atom is -0.312 e. The van der Waals surface area contributed by atoms with Gasteiger partial charge in [0.2, 0.25) is 0 Å². The lowest BCUT2D eigenvalue weighted by Gasteiger charge is -2.17. The molecule has 0 N–H and O–H groups in total. The van der Waals surface area contributed by atoms with Crippen molar-refractivity contribution in [1.29, 1.82) is 0 Å². The molecule has 1 aliphatic rings. The number of benzene rings is 1. The van der Waals surface area contributed by atoms with E-state index in [9.17, 15) is 4.79 Å². The molecule has 30 heavy (non-hydrogen) atoms. The molecule has 1 aromatic heterocycles. The van der Waals surface area contributed by atoms with E-state index < -0.39 is 0 Å². The first kappa shape index (κ1) is 22.7. The van der Waals surface area contributed by atoms with E-state index in [0.29, 0.717) is 29.8 Å². The molecule has 1 atom stereocenters. The number of carbonyl (C=O) groups excluding carboxylic acids is 1. The summed E-state index contributed by atoms with van der Waals surface area (Å²) in [5.74, 6) is 2.98. The van der Waals surface area contributed by atoms with Crippen molar-refractivity contribution in [3.8, 4) is 0 Å². The molecule has 5 heteroatoms. The summed E-state index contributed by atoms with van der Waals surface area (Å²) in [4.78, 5) is 13.0. The lowest BCUT2D eigenvalue weighted by molar-refractivity contribution is -0.118. The molecule has 4 nitrogen and oxygen atoms in total. The molecule has 3 rings (SSSR count). The number of allylic oxidation sites excluding steroid dienone is 1. The van der Waals surface area contributed by atoms with Crippen molar-refractivity contribution in [3.05, 3.63) is 58.7 Å². The van der Waals surface area contributed by atoms with Gasteiger partial charge < -0.3 is 4.57 Å². The van der Waals surface area contributed by atoms with Crippen molar-refractivity contribution in [2.24, 2.45) is 5.92 Å². The summed E-state index contributed by atoms with van der Waals surface area (Å²) in [5, 5.41) is 9.83. The Morgan fingerprint density at radius 2 is 2.10 bits per heavy atom. The first-order valence-corrected chi connectivity index (χ1v) is 11.6. The number of aromatic nitrogens is 3. The number of ketones is 1. The van der Waals surface area contributed by atoms with E-state index >= 15 is 0 Å². The lowest BCUT2D eigenvalue weighted by Crippen LogP contribution is -2.15. The van der Waals surface area contributed by atoms with Crippen LogP contribution in [0.15, 0.2) is 30.9 Å². The molecule has 1 unspecified atom stereocenters. The number of rotatable bonds is 12. The van der Waals surface area contributed by atoms with Gasteiger partial charge in [0.25, 0.3) is 0 Å². The highest BCUT2D eigenvalue weighted by Gasteiger charge is 2.32. The normalized spacial score (nSPS) is 14.8. The van der Waals surface area contributed by atoms with Gasteiger partial charge in [-0.1, -0.05) is 50.1 Å². The SMILES string of the molecule is C=CCC(CC(=O)Cc1cccc(Cl)c1C)c1nnc(CCCC(C)C)n1C1CC1. The summed E-state index contributed by atoms with van der Waals surface area (Å²) >= 11 is 6.23. The minimum absolute atomic E-state index is 0.0291. The van der Waals surface area contributed by atoms with Crippen molar-refractivity contribution in [2.45, 2.75) is 84.1 Å². The van der Waals surface area contributed by atoms with Gasteiger partial charge in [-0.2, -0.15) is 0 Å². The van der Waals surface area contributed by atoms with Crippen LogP contribution >= 0.6 is 11.6 Å². The molecule has 0 radical (unpaired) electrons. The summed E-state index contributed by atoms with van der Waals surface area (Å²) in [6.07, 6.45) is 9.12. The number of nitrogens with zero attached hydrogens (tertiary/aromatic N) is 3. The van der Waals surface area contributed by atoms with Gasteiger partial charge in [-0.25, -0.2) is 0 Å². The number of hydrogen-bond donors (Lipinski definition) is 0. The average molecular weight is 428 g/mol. The Kier molecular flexibility index (Phi) is 7.87. The van der Waals surface area contributed by atoms with E-state index in [1.807, 2.05) is 31.2 Å². The molecular weight excluding hydrogens is 394 g/mol. The zero-order valence-corrected chi connectivity index (χ0v) is 19.3. The van der Waals surface area contributed by atoms with Crippen LogP contribution in [0.4, 0.5) is 0 Å². The average Bonchev–Trinajstić information content (AvgIpc) is 3.44. The van der Waals surface area contributed by atoms with Crippen LogP contribution < -0.4 is 0 Å². The summed E-state index contributed by atoms with van der Waals surface area (Å²) < 4.78 is 2.34. The monoisotopic (exact) mass is 427 g/mol. The molecule has 1 heterocycles. The fourth-order valence-electron chi connectivity index (χ4n) is 4.07. The van der Waals surface area contributed by atoms with Crippen LogP contribution in [0, 0.1) is 12.8 Å². The quantitative estimate of drug-likeness (QED) is 0.367. The number of halogens is 1. The molecule has 1 fully saturated rings. The van der Waals surface area contributed by atoms with Crippen molar-refractivity contribution >= 4 is 17.4 Å². The van der Waals surface area contributed by atoms with Gasteiger partial charge in [-0.3, -0.25) is 4.79 Å². The summed E-state index contributed by atoms with van der Waals surface area (Å²) in [6.45, 7) is 10.4. The molecule has 2 aromatic rings. The Labute approximate surface area is 185 Å². The largest absolute Gasteiger partial charge is 0.312 e. The first-order chi connectivity index (χ1) is 14.4. The van der Waals surface area contributed by atoms with Crippen LogP contribution in [0.1, 0.15) is 87.1 Å². The molecule has 0 aliphatic heterocycles. The highest BCUT2D eigenvalue weighted by atomic mass is 35.5. The van der Waals surface area contributed by atoms with Gasteiger partial charge in [0, 0.05) is 36.2 Å². The fourth-order valence-corrected chi connectivity index (χ4v) is 4.26. The number of aryl methyl sites for hydroxylation is 1. The molecule has 1 aromatic carbocycles. The fraction of sp³-hybridized carbons (Fsp3) is 0.560. The molecule has 1 saturated carbocycles. The van der Waals surface area contributed by atoms with Crippen LogP contribution in [-0.4, -0.2) is 20.5 Å². The molecule has 1 aliphatic carbocycles. The highest BCUT2D eigenvalue weighted by molar-refractivity contribution is 6.31. The predicted molar refractivity (Wildman–Crippen MR) is 123 cm³/mol. The van der Waals surface area contributed by atoms with Gasteiger partial charge in [0.1, 0.15) is 17.4 Å². The number of Topliss-reactive ketones (excluding diaryl/α,β-unsaturated/α-hetero) is 1. The van der Waals surface area contributed by atoms with Crippen LogP contribution in [-0.2, 0) is 17.6 Å². The van der Waals surface area contributed by atoms with Crippen molar-refractivity contribution in [2.75, 3.05) is 0 Å². The van der Waals surface area contributed by atoms with Crippen LogP contribution in [0.3, 0.4) is 0 Å². The minimum atomic E-state index is 0.0291. The Hall–Kier alpha value is -1.94. The standard InChI is InChI=1S/C25H34ClN3O/c1-5-8-20(16-22(30)15-19-10-7-11-23(26)18(19)4)25-28-27-24(12-6-9-17(2)3)29(25)21-13-14-21/h5,7,10-11,17,20-21H,1,6,8-9,12-16H2,2-4H3. The maximum absolute atomic E-state index is 13.0. The third kappa shape index (κ3) is 5.81. The zero-order chi connectivity index (χ0) is 21.7. The summed E-state index contributed by atoms with van der Waals surface area (Å²) in [5.41, 5.74) is 1.99. The second-order valence-corrected chi connectivity index (χ2v) is 9.43. The van der Waals surface area contributed by atoms with Gasteiger partial charge in [0.15, 0.2) is 0 Å². The van der Waals surface area contributed by atoms with E-state index in [2.05, 4.69) is 35.2 Å². The van der Waals surface area contributed by atoms with Crippen molar-refractivity contribution < 1.29 is 4.79 Å². The van der Waals surface area contributed by atoms with Crippen molar-refractivity contribution in [1.82, 2.24) is 14.8 Å². The second kappa shape index (κ2) is 10.4. The summed E-state index contributed by atoms with van der Waals surface area (Å²) in [7, 11) is 0. The maximum Gasteiger partial charge on any atom is 0.138 e. The lowest BCUT2D eigenvalue weighted by atomic mass is 9.93. The van der Waals surface area contributed by atoms with E-state index in [4.69, 9.17) is 11.6 Å². The molecule has 0 amide bonds. The molecular formula is C25H34ClN3O. The smallest absolute Gasteiger partial charge is 0.138 e. The van der Waals surface area contributed by atoms with E-state index in [-0.39, 0.29) is 11.7 Å². The maximum atomic E-state index is 13.0. The van der Waals surface area contributed by atoms with Crippen molar-refractivity contribution in [3.63, 3.8) is 0 Å². The van der Waals surface area contributed by atoms with Gasteiger partial charge in [-0.15, -0.1) is 16.8 Å². The summed E-state index contributed by atoms with van der Waals surface area (Å²) in [6, 6.07) is 6.26. The Morgan fingerprint density at radius 1 is 1.33 bits per heavy atom.